The number of benzene rings is 2. The molecule has 1 aromatic heterocycles. The van der Waals surface area contributed by atoms with Gasteiger partial charge in [-0.05, 0) is 42.7 Å². The van der Waals surface area contributed by atoms with Crippen LogP contribution >= 0.6 is 0 Å². The van der Waals surface area contributed by atoms with Crippen molar-refractivity contribution in [2.75, 3.05) is 31.1 Å². The first-order chi connectivity index (χ1) is 13.4. The smallest absolute Gasteiger partial charge is 0.243 e. The summed E-state index contributed by atoms with van der Waals surface area (Å²) in [5.74, 6) is 0.849. The van der Waals surface area contributed by atoms with Crippen LogP contribution in [0.3, 0.4) is 0 Å². The SMILES string of the molecule is Cc1ccc(S(=O)(=O)N2CCN(c3cc(-c4ccccc4)[nH]n3)CC2)cc1C. The second-order valence-corrected chi connectivity index (χ2v) is 9.08. The number of aryl methyl sites for hydroxylation is 2. The van der Waals surface area contributed by atoms with Crippen molar-refractivity contribution in [1.82, 2.24) is 14.5 Å². The summed E-state index contributed by atoms with van der Waals surface area (Å²) in [4.78, 5) is 2.49. The molecule has 0 radical (unpaired) electrons. The van der Waals surface area contributed by atoms with Gasteiger partial charge in [-0.25, -0.2) is 8.42 Å². The highest BCUT2D eigenvalue weighted by Gasteiger charge is 2.29. The molecule has 6 nitrogen and oxygen atoms in total. The molecule has 1 fully saturated rings. The van der Waals surface area contributed by atoms with Gasteiger partial charge in [0.25, 0.3) is 0 Å². The predicted molar refractivity (Wildman–Crippen MR) is 111 cm³/mol. The van der Waals surface area contributed by atoms with Gasteiger partial charge >= 0.3 is 0 Å². The number of aromatic amines is 1. The molecule has 1 aliphatic rings. The molecule has 7 heteroatoms. The van der Waals surface area contributed by atoms with E-state index in [-0.39, 0.29) is 0 Å². The quantitative estimate of drug-likeness (QED) is 0.735. The lowest BCUT2D eigenvalue weighted by Crippen LogP contribution is -2.48. The zero-order valence-corrected chi connectivity index (χ0v) is 16.9. The van der Waals surface area contributed by atoms with E-state index in [0.29, 0.717) is 31.1 Å². The number of hydrogen-bond donors (Lipinski definition) is 1. The third-order valence-electron chi connectivity index (χ3n) is 5.33. The minimum absolute atomic E-state index is 0.371. The second kappa shape index (κ2) is 7.41. The number of hydrogen-bond acceptors (Lipinski definition) is 4. The van der Waals surface area contributed by atoms with Crippen molar-refractivity contribution >= 4 is 15.8 Å². The van der Waals surface area contributed by atoms with Crippen LogP contribution in [0.4, 0.5) is 5.82 Å². The minimum Gasteiger partial charge on any atom is -0.352 e. The molecule has 1 N–H and O–H groups in total. The Morgan fingerprint density at radius 1 is 0.893 bits per heavy atom. The lowest BCUT2D eigenvalue weighted by Gasteiger charge is -2.34. The first kappa shape index (κ1) is 18.7. The summed E-state index contributed by atoms with van der Waals surface area (Å²) >= 11 is 0. The van der Waals surface area contributed by atoms with Gasteiger partial charge in [-0.3, -0.25) is 5.10 Å². The molecule has 28 heavy (non-hydrogen) atoms. The van der Waals surface area contributed by atoms with Crippen LogP contribution in [-0.4, -0.2) is 49.1 Å². The van der Waals surface area contributed by atoms with Gasteiger partial charge in [-0.15, -0.1) is 0 Å². The molecule has 0 saturated carbocycles. The lowest BCUT2D eigenvalue weighted by molar-refractivity contribution is 0.383. The van der Waals surface area contributed by atoms with Gasteiger partial charge in [-0.1, -0.05) is 36.4 Å². The molecular weight excluding hydrogens is 372 g/mol. The fourth-order valence-electron chi connectivity index (χ4n) is 3.42. The Hall–Kier alpha value is -2.64. The van der Waals surface area contributed by atoms with Gasteiger partial charge in [0.15, 0.2) is 5.82 Å². The van der Waals surface area contributed by atoms with Crippen molar-refractivity contribution in [3.63, 3.8) is 0 Å². The van der Waals surface area contributed by atoms with E-state index >= 15 is 0 Å². The monoisotopic (exact) mass is 396 g/mol. The van der Waals surface area contributed by atoms with Crippen LogP contribution in [0.25, 0.3) is 11.3 Å². The van der Waals surface area contributed by atoms with Crippen molar-refractivity contribution < 1.29 is 8.42 Å². The number of piperazine rings is 1. The Bertz CT molecular complexity index is 1070. The maximum atomic E-state index is 13.0. The summed E-state index contributed by atoms with van der Waals surface area (Å²) < 4.78 is 27.5. The Morgan fingerprint density at radius 2 is 1.61 bits per heavy atom. The standard InChI is InChI=1S/C21H24N4O2S/c1-16-8-9-19(14-17(16)2)28(26,27)25-12-10-24(11-13-25)21-15-20(22-23-21)18-6-4-3-5-7-18/h3-9,14-15H,10-13H2,1-2H3,(H,22,23). The van der Waals surface area contributed by atoms with Crippen molar-refractivity contribution in [3.05, 3.63) is 65.7 Å². The number of sulfonamides is 1. The van der Waals surface area contributed by atoms with Crippen LogP contribution in [0.15, 0.2) is 59.5 Å². The lowest BCUT2D eigenvalue weighted by atomic mass is 10.1. The van der Waals surface area contributed by atoms with E-state index in [0.717, 1.165) is 28.2 Å². The van der Waals surface area contributed by atoms with E-state index < -0.39 is 10.0 Å². The number of aromatic nitrogens is 2. The molecule has 0 aliphatic carbocycles. The van der Waals surface area contributed by atoms with Crippen LogP contribution in [0, 0.1) is 13.8 Å². The predicted octanol–water partition coefficient (Wildman–Crippen LogP) is 3.20. The summed E-state index contributed by atoms with van der Waals surface area (Å²) in [5.41, 5.74) is 4.12. The highest BCUT2D eigenvalue weighted by Crippen LogP contribution is 2.24. The van der Waals surface area contributed by atoms with Gasteiger partial charge < -0.3 is 4.90 Å². The molecule has 2 heterocycles. The van der Waals surface area contributed by atoms with Crippen molar-refractivity contribution in [2.45, 2.75) is 18.7 Å². The Morgan fingerprint density at radius 3 is 2.29 bits per heavy atom. The van der Waals surface area contributed by atoms with E-state index in [1.54, 1.807) is 16.4 Å². The summed E-state index contributed by atoms with van der Waals surface area (Å²) in [5, 5.41) is 7.49. The zero-order chi connectivity index (χ0) is 19.7. The van der Waals surface area contributed by atoms with Gasteiger partial charge in [0.2, 0.25) is 10.0 Å². The van der Waals surface area contributed by atoms with E-state index in [4.69, 9.17) is 0 Å². The third kappa shape index (κ3) is 3.55. The van der Waals surface area contributed by atoms with Crippen molar-refractivity contribution in [2.24, 2.45) is 0 Å². The van der Waals surface area contributed by atoms with Gasteiger partial charge in [-0.2, -0.15) is 9.40 Å². The molecule has 0 atom stereocenters. The number of nitrogens with one attached hydrogen (secondary N) is 1. The highest BCUT2D eigenvalue weighted by molar-refractivity contribution is 7.89. The fraction of sp³-hybridized carbons (Fsp3) is 0.286. The van der Waals surface area contributed by atoms with Gasteiger partial charge in [0, 0.05) is 32.2 Å². The molecular formula is C21H24N4O2S. The van der Waals surface area contributed by atoms with E-state index in [1.165, 1.54) is 0 Å². The van der Waals surface area contributed by atoms with Gasteiger partial charge in [0.1, 0.15) is 0 Å². The van der Waals surface area contributed by atoms with E-state index in [1.807, 2.05) is 56.3 Å². The van der Waals surface area contributed by atoms with E-state index in [9.17, 15) is 8.42 Å². The summed E-state index contributed by atoms with van der Waals surface area (Å²) in [7, 11) is -3.47. The molecule has 4 rings (SSSR count). The van der Waals surface area contributed by atoms with Crippen molar-refractivity contribution in [3.8, 4) is 11.3 Å². The van der Waals surface area contributed by atoms with Gasteiger partial charge in [0.05, 0.1) is 10.6 Å². The average molecular weight is 397 g/mol. The number of nitrogens with zero attached hydrogens (tertiary/aromatic N) is 3. The molecule has 146 valence electrons. The topological polar surface area (TPSA) is 69.3 Å². The fourth-order valence-corrected chi connectivity index (χ4v) is 4.93. The maximum absolute atomic E-state index is 13.0. The first-order valence-corrected chi connectivity index (χ1v) is 10.8. The molecule has 0 unspecified atom stereocenters. The molecule has 0 amide bonds. The molecule has 2 aromatic carbocycles. The second-order valence-electron chi connectivity index (χ2n) is 7.14. The molecule has 0 spiro atoms. The molecule has 0 bridgehead atoms. The van der Waals surface area contributed by atoms with Crippen LogP contribution in [0.5, 0.6) is 0 Å². The van der Waals surface area contributed by atoms with Crippen LogP contribution in [-0.2, 0) is 10.0 Å². The molecule has 1 aliphatic heterocycles. The third-order valence-corrected chi connectivity index (χ3v) is 7.22. The minimum atomic E-state index is -3.47. The summed E-state index contributed by atoms with van der Waals surface area (Å²) in [6.07, 6.45) is 0. The Balaban J connectivity index is 1.46. The Kier molecular flexibility index (Phi) is 4.95. The highest BCUT2D eigenvalue weighted by atomic mass is 32.2. The number of anilines is 1. The summed E-state index contributed by atoms with van der Waals surface area (Å²) in [6, 6.07) is 17.4. The zero-order valence-electron chi connectivity index (χ0n) is 16.1. The van der Waals surface area contributed by atoms with Crippen LogP contribution in [0.1, 0.15) is 11.1 Å². The van der Waals surface area contributed by atoms with E-state index in [2.05, 4.69) is 15.1 Å². The average Bonchev–Trinajstić information content (AvgIpc) is 3.21. The van der Waals surface area contributed by atoms with Crippen LogP contribution in [0.2, 0.25) is 0 Å². The van der Waals surface area contributed by atoms with Crippen molar-refractivity contribution in [1.29, 1.82) is 0 Å². The van der Waals surface area contributed by atoms with Crippen LogP contribution < -0.4 is 4.90 Å². The molecule has 1 saturated heterocycles. The normalized spacial score (nSPS) is 15.7. The number of rotatable bonds is 4. The number of H-pyrrole nitrogens is 1. The molecule has 3 aromatic rings. The largest absolute Gasteiger partial charge is 0.352 e. The Labute approximate surface area is 165 Å². The first-order valence-electron chi connectivity index (χ1n) is 9.38. The maximum Gasteiger partial charge on any atom is 0.243 e. The summed E-state index contributed by atoms with van der Waals surface area (Å²) in [6.45, 7) is 6.05.